The van der Waals surface area contributed by atoms with Crippen molar-refractivity contribution in [1.29, 1.82) is 0 Å². The fourth-order valence-electron chi connectivity index (χ4n) is 4.72. The number of carbonyl (C=O) groups is 1. The molecule has 118 valence electrons. The van der Waals surface area contributed by atoms with Gasteiger partial charge in [-0.2, -0.15) is 0 Å². The number of halogens is 1. The van der Waals surface area contributed by atoms with Crippen LogP contribution in [0.4, 0.5) is 4.39 Å². The van der Waals surface area contributed by atoms with Gasteiger partial charge in [0.15, 0.2) is 0 Å². The minimum atomic E-state index is -0.414. The first-order valence-corrected chi connectivity index (χ1v) is 8.50. The van der Waals surface area contributed by atoms with E-state index in [4.69, 9.17) is 0 Å². The number of amides is 1. The average molecular weight is 302 g/mol. The molecule has 0 spiro atoms. The highest BCUT2D eigenvalue weighted by Gasteiger charge is 2.43. The molecule has 1 aromatic rings. The summed E-state index contributed by atoms with van der Waals surface area (Å²) in [6.07, 6.45) is 5.58. The largest absolute Gasteiger partial charge is 0.336 e. The quantitative estimate of drug-likeness (QED) is 0.839. The lowest BCUT2D eigenvalue weighted by Crippen LogP contribution is -2.53. The Kier molecular flexibility index (Phi) is 3.65. The minimum Gasteiger partial charge on any atom is -0.336 e. The van der Waals surface area contributed by atoms with Gasteiger partial charge in [0.25, 0.3) is 5.91 Å². The van der Waals surface area contributed by atoms with E-state index in [1.165, 1.54) is 31.7 Å². The third-order valence-electron chi connectivity index (χ3n) is 5.88. The van der Waals surface area contributed by atoms with E-state index >= 15 is 0 Å². The smallest absolute Gasteiger partial charge is 0.256 e. The second-order valence-corrected chi connectivity index (χ2v) is 7.05. The van der Waals surface area contributed by atoms with Crippen LogP contribution in [-0.2, 0) is 0 Å². The fraction of sp³-hybridized carbons (Fsp3) is 0.611. The molecule has 4 rings (SSSR count). The van der Waals surface area contributed by atoms with Crippen LogP contribution in [-0.4, -0.2) is 47.9 Å². The molecule has 3 nitrogen and oxygen atoms in total. The zero-order valence-corrected chi connectivity index (χ0v) is 12.9. The monoisotopic (exact) mass is 302 g/mol. The molecule has 2 bridgehead atoms. The van der Waals surface area contributed by atoms with Crippen LogP contribution in [0.5, 0.6) is 0 Å². The second kappa shape index (κ2) is 5.65. The summed E-state index contributed by atoms with van der Waals surface area (Å²) in [6.45, 7) is 3.32. The maximum absolute atomic E-state index is 13.8. The molecule has 1 heterocycles. The molecule has 1 aliphatic heterocycles. The summed E-state index contributed by atoms with van der Waals surface area (Å²) in [5.74, 6) is 1.26. The maximum atomic E-state index is 13.8. The molecule has 3 aliphatic rings. The number of carbonyl (C=O) groups excluding carboxylic acids is 1. The summed E-state index contributed by atoms with van der Waals surface area (Å²) >= 11 is 0. The minimum absolute atomic E-state index is 0.161. The summed E-state index contributed by atoms with van der Waals surface area (Å²) in [6, 6.07) is 7.03. The predicted octanol–water partition coefficient (Wildman–Crippen LogP) is 2.77. The number of hydrogen-bond acceptors (Lipinski definition) is 2. The van der Waals surface area contributed by atoms with Crippen LogP contribution in [0.15, 0.2) is 24.3 Å². The van der Waals surface area contributed by atoms with Gasteiger partial charge in [-0.15, -0.1) is 0 Å². The number of fused-ring (bicyclic) bond motifs is 2. The van der Waals surface area contributed by atoms with Gasteiger partial charge in [0.05, 0.1) is 5.56 Å². The van der Waals surface area contributed by atoms with E-state index in [1.807, 2.05) is 4.90 Å². The zero-order chi connectivity index (χ0) is 15.1. The molecule has 0 N–H and O–H groups in total. The first kappa shape index (κ1) is 14.2. The van der Waals surface area contributed by atoms with E-state index in [-0.39, 0.29) is 11.5 Å². The van der Waals surface area contributed by atoms with Crippen LogP contribution in [0.25, 0.3) is 0 Å². The highest BCUT2D eigenvalue weighted by molar-refractivity contribution is 5.94. The second-order valence-electron chi connectivity index (χ2n) is 7.05. The molecular formula is C18H23FN2O. The van der Waals surface area contributed by atoms with Crippen LogP contribution >= 0.6 is 0 Å². The standard InChI is InChI=1S/C18H23FN2O/c19-16-4-2-1-3-15(16)18(22)21-9-7-20(8-10-21)17-12-13-5-6-14(17)11-13/h1-4,13-14,17H,5-12H2. The van der Waals surface area contributed by atoms with Crippen LogP contribution in [0.2, 0.25) is 0 Å². The van der Waals surface area contributed by atoms with Gasteiger partial charge in [-0.05, 0) is 43.2 Å². The molecule has 4 heteroatoms. The molecule has 0 radical (unpaired) electrons. The summed E-state index contributed by atoms with van der Waals surface area (Å²) in [4.78, 5) is 16.8. The number of rotatable bonds is 2. The first-order valence-electron chi connectivity index (χ1n) is 8.50. The summed E-state index contributed by atoms with van der Waals surface area (Å²) < 4.78 is 13.8. The van der Waals surface area contributed by atoms with Crippen molar-refractivity contribution < 1.29 is 9.18 Å². The van der Waals surface area contributed by atoms with E-state index in [9.17, 15) is 9.18 Å². The van der Waals surface area contributed by atoms with Crippen molar-refractivity contribution >= 4 is 5.91 Å². The van der Waals surface area contributed by atoms with Crippen LogP contribution in [0.1, 0.15) is 36.0 Å². The molecule has 2 aliphatic carbocycles. The topological polar surface area (TPSA) is 23.6 Å². The molecule has 1 amide bonds. The van der Waals surface area contributed by atoms with E-state index in [0.717, 1.165) is 44.1 Å². The van der Waals surface area contributed by atoms with E-state index in [0.29, 0.717) is 0 Å². The van der Waals surface area contributed by atoms with Gasteiger partial charge >= 0.3 is 0 Å². The van der Waals surface area contributed by atoms with E-state index < -0.39 is 5.82 Å². The molecule has 0 aromatic heterocycles. The van der Waals surface area contributed by atoms with Gasteiger partial charge < -0.3 is 4.90 Å². The Morgan fingerprint density at radius 3 is 2.45 bits per heavy atom. The van der Waals surface area contributed by atoms with Crippen LogP contribution in [0, 0.1) is 17.7 Å². The first-order chi connectivity index (χ1) is 10.7. The average Bonchev–Trinajstić information content (AvgIpc) is 3.18. The lowest BCUT2D eigenvalue weighted by Gasteiger charge is -2.41. The molecular weight excluding hydrogens is 279 g/mol. The third-order valence-corrected chi connectivity index (χ3v) is 5.88. The van der Waals surface area contributed by atoms with Crippen molar-refractivity contribution in [3.8, 4) is 0 Å². The number of hydrogen-bond donors (Lipinski definition) is 0. The molecule has 3 atom stereocenters. The highest BCUT2D eigenvalue weighted by atomic mass is 19.1. The SMILES string of the molecule is O=C(c1ccccc1F)N1CCN(C2CC3CCC2C3)CC1. The Bertz CT molecular complexity index is 568. The number of nitrogens with zero attached hydrogens (tertiary/aromatic N) is 2. The highest BCUT2D eigenvalue weighted by Crippen LogP contribution is 2.46. The van der Waals surface area contributed by atoms with E-state index in [2.05, 4.69) is 4.90 Å². The van der Waals surface area contributed by atoms with Gasteiger partial charge in [0.2, 0.25) is 0 Å². The van der Waals surface area contributed by atoms with E-state index in [1.54, 1.807) is 18.2 Å². The lowest BCUT2D eigenvalue weighted by molar-refractivity contribution is 0.0492. The fourth-order valence-corrected chi connectivity index (χ4v) is 4.72. The number of piperazine rings is 1. The van der Waals surface area contributed by atoms with Crippen molar-refractivity contribution in [3.63, 3.8) is 0 Å². The van der Waals surface area contributed by atoms with Crippen LogP contribution in [0.3, 0.4) is 0 Å². The molecule has 3 unspecified atom stereocenters. The normalized spacial score (nSPS) is 31.7. The zero-order valence-electron chi connectivity index (χ0n) is 12.9. The van der Waals surface area contributed by atoms with Crippen molar-refractivity contribution in [1.82, 2.24) is 9.80 Å². The van der Waals surface area contributed by atoms with Crippen molar-refractivity contribution in [3.05, 3.63) is 35.6 Å². The molecule has 3 fully saturated rings. The summed E-state index contributed by atoms with van der Waals surface area (Å²) in [7, 11) is 0. The third kappa shape index (κ3) is 2.43. The Morgan fingerprint density at radius 1 is 1.05 bits per heavy atom. The molecule has 1 saturated heterocycles. The Labute approximate surface area is 131 Å². The van der Waals surface area contributed by atoms with Gasteiger partial charge in [-0.25, -0.2) is 4.39 Å². The van der Waals surface area contributed by atoms with Gasteiger partial charge in [-0.3, -0.25) is 9.69 Å². The van der Waals surface area contributed by atoms with Crippen molar-refractivity contribution in [2.75, 3.05) is 26.2 Å². The Hall–Kier alpha value is -1.42. The molecule has 22 heavy (non-hydrogen) atoms. The summed E-state index contributed by atoms with van der Waals surface area (Å²) in [5.41, 5.74) is 0.205. The summed E-state index contributed by atoms with van der Waals surface area (Å²) in [5, 5.41) is 0. The molecule has 2 saturated carbocycles. The maximum Gasteiger partial charge on any atom is 0.256 e. The lowest BCUT2D eigenvalue weighted by atomic mass is 9.93. The predicted molar refractivity (Wildman–Crippen MR) is 83.1 cm³/mol. The van der Waals surface area contributed by atoms with Gasteiger partial charge in [0, 0.05) is 32.2 Å². The Morgan fingerprint density at radius 2 is 1.82 bits per heavy atom. The van der Waals surface area contributed by atoms with Gasteiger partial charge in [0.1, 0.15) is 5.82 Å². The number of benzene rings is 1. The Balaban J connectivity index is 1.38. The van der Waals surface area contributed by atoms with Crippen molar-refractivity contribution in [2.45, 2.75) is 31.7 Å². The van der Waals surface area contributed by atoms with Gasteiger partial charge in [-0.1, -0.05) is 18.6 Å². The molecule has 1 aromatic carbocycles. The van der Waals surface area contributed by atoms with Crippen LogP contribution < -0.4 is 0 Å². The van der Waals surface area contributed by atoms with Crippen molar-refractivity contribution in [2.24, 2.45) is 11.8 Å².